The van der Waals surface area contributed by atoms with E-state index in [9.17, 15) is 4.79 Å². The molecule has 0 aliphatic carbocycles. The quantitative estimate of drug-likeness (QED) is 0.918. The van der Waals surface area contributed by atoms with Crippen LogP contribution in [-0.4, -0.2) is 24.6 Å². The fourth-order valence-electron chi connectivity index (χ4n) is 2.44. The standard InChI is InChI=1S/C16H18N2O3S/c1-20-9-15-18-13(10-22-15)7-17-16(19)12-6-11-4-2-3-5-14(11)21-8-12/h2-5,10,12H,6-9H2,1H3,(H,17,19). The van der Waals surface area contributed by atoms with Gasteiger partial charge in [0.1, 0.15) is 17.4 Å². The Kier molecular flexibility index (Phi) is 4.70. The van der Waals surface area contributed by atoms with E-state index in [1.807, 2.05) is 29.6 Å². The fourth-order valence-corrected chi connectivity index (χ4v) is 3.20. The van der Waals surface area contributed by atoms with Crippen LogP contribution in [0.25, 0.3) is 0 Å². The number of amides is 1. The minimum absolute atomic E-state index is 0.00999. The van der Waals surface area contributed by atoms with Crippen LogP contribution in [0, 0.1) is 5.92 Å². The molecule has 1 atom stereocenters. The molecular formula is C16H18N2O3S. The van der Waals surface area contributed by atoms with E-state index in [1.54, 1.807) is 7.11 Å². The summed E-state index contributed by atoms with van der Waals surface area (Å²) in [5.74, 6) is 0.748. The van der Waals surface area contributed by atoms with Gasteiger partial charge in [-0.25, -0.2) is 4.98 Å². The zero-order valence-corrected chi connectivity index (χ0v) is 13.2. The lowest BCUT2D eigenvalue weighted by Gasteiger charge is -2.24. The first-order valence-corrected chi connectivity index (χ1v) is 8.05. The largest absolute Gasteiger partial charge is 0.492 e. The monoisotopic (exact) mass is 318 g/mol. The van der Waals surface area contributed by atoms with E-state index in [0.29, 0.717) is 26.2 Å². The SMILES string of the molecule is COCc1nc(CNC(=O)C2COc3ccccc3C2)cs1. The molecule has 0 spiro atoms. The van der Waals surface area contributed by atoms with Gasteiger partial charge in [-0.2, -0.15) is 0 Å². The van der Waals surface area contributed by atoms with E-state index < -0.39 is 0 Å². The summed E-state index contributed by atoms with van der Waals surface area (Å²) in [6, 6.07) is 7.86. The molecule has 3 rings (SSSR count). The molecule has 22 heavy (non-hydrogen) atoms. The van der Waals surface area contributed by atoms with Gasteiger partial charge in [0.15, 0.2) is 0 Å². The third-order valence-corrected chi connectivity index (χ3v) is 4.43. The summed E-state index contributed by atoms with van der Waals surface area (Å²) in [4.78, 5) is 16.7. The van der Waals surface area contributed by atoms with Crippen LogP contribution in [0.1, 0.15) is 16.3 Å². The van der Waals surface area contributed by atoms with Gasteiger partial charge in [-0.1, -0.05) is 18.2 Å². The maximum absolute atomic E-state index is 12.3. The maximum Gasteiger partial charge on any atom is 0.227 e. The molecule has 1 aliphatic heterocycles. The number of nitrogens with zero attached hydrogens (tertiary/aromatic N) is 1. The first-order valence-electron chi connectivity index (χ1n) is 7.17. The van der Waals surface area contributed by atoms with Crippen molar-refractivity contribution in [2.75, 3.05) is 13.7 Å². The van der Waals surface area contributed by atoms with Gasteiger partial charge in [-0.15, -0.1) is 11.3 Å². The van der Waals surface area contributed by atoms with Gasteiger partial charge in [0.2, 0.25) is 5.91 Å². The minimum atomic E-state index is -0.146. The van der Waals surface area contributed by atoms with Gasteiger partial charge >= 0.3 is 0 Å². The minimum Gasteiger partial charge on any atom is -0.492 e. The molecule has 116 valence electrons. The number of methoxy groups -OCH3 is 1. The van der Waals surface area contributed by atoms with Crippen LogP contribution in [0.4, 0.5) is 0 Å². The molecule has 1 aliphatic rings. The number of carbonyl (C=O) groups excluding carboxylic acids is 1. The summed E-state index contributed by atoms with van der Waals surface area (Å²) in [5, 5.41) is 5.80. The Hall–Kier alpha value is -1.92. The van der Waals surface area contributed by atoms with Gasteiger partial charge in [0.25, 0.3) is 0 Å². The summed E-state index contributed by atoms with van der Waals surface area (Å²) in [6.07, 6.45) is 0.716. The lowest BCUT2D eigenvalue weighted by atomic mass is 9.96. The molecule has 0 fully saturated rings. The second kappa shape index (κ2) is 6.89. The van der Waals surface area contributed by atoms with E-state index in [0.717, 1.165) is 22.0 Å². The van der Waals surface area contributed by atoms with Gasteiger partial charge in [-0.05, 0) is 18.1 Å². The summed E-state index contributed by atoms with van der Waals surface area (Å²) >= 11 is 1.54. The molecular weight excluding hydrogens is 300 g/mol. The van der Waals surface area contributed by atoms with Crippen molar-refractivity contribution in [2.24, 2.45) is 5.92 Å². The third kappa shape index (κ3) is 3.45. The normalized spacial score (nSPS) is 16.7. The van der Waals surface area contributed by atoms with Crippen molar-refractivity contribution in [1.29, 1.82) is 0 Å². The first kappa shape index (κ1) is 15.0. The number of rotatable bonds is 5. The Bertz CT molecular complexity index is 656. The van der Waals surface area contributed by atoms with Crippen molar-refractivity contribution >= 4 is 17.2 Å². The zero-order chi connectivity index (χ0) is 15.4. The molecule has 0 radical (unpaired) electrons. The number of fused-ring (bicyclic) bond motifs is 1. The summed E-state index contributed by atoms with van der Waals surface area (Å²) in [5.41, 5.74) is 1.95. The van der Waals surface area contributed by atoms with Crippen molar-refractivity contribution < 1.29 is 14.3 Å². The Morgan fingerprint density at radius 3 is 3.23 bits per heavy atom. The average molecular weight is 318 g/mol. The number of nitrogens with one attached hydrogen (secondary N) is 1. The number of benzene rings is 1. The highest BCUT2D eigenvalue weighted by molar-refractivity contribution is 7.09. The van der Waals surface area contributed by atoms with Crippen molar-refractivity contribution in [3.63, 3.8) is 0 Å². The average Bonchev–Trinajstić information content (AvgIpc) is 3.00. The second-order valence-electron chi connectivity index (χ2n) is 5.20. The highest BCUT2D eigenvalue weighted by atomic mass is 32.1. The van der Waals surface area contributed by atoms with E-state index in [1.165, 1.54) is 11.3 Å². The number of thiazole rings is 1. The number of ether oxygens (including phenoxy) is 2. The van der Waals surface area contributed by atoms with E-state index in [4.69, 9.17) is 9.47 Å². The molecule has 6 heteroatoms. The van der Waals surface area contributed by atoms with Crippen LogP contribution in [0.2, 0.25) is 0 Å². The summed E-state index contributed by atoms with van der Waals surface area (Å²) < 4.78 is 10.7. The smallest absolute Gasteiger partial charge is 0.227 e. The molecule has 0 saturated carbocycles. The van der Waals surface area contributed by atoms with Gasteiger partial charge in [-0.3, -0.25) is 4.79 Å². The van der Waals surface area contributed by atoms with Crippen molar-refractivity contribution in [3.05, 3.63) is 45.9 Å². The summed E-state index contributed by atoms with van der Waals surface area (Å²) in [6.45, 7) is 1.37. The highest BCUT2D eigenvalue weighted by Crippen LogP contribution is 2.26. The molecule has 0 saturated heterocycles. The predicted molar refractivity (Wildman–Crippen MR) is 83.8 cm³/mol. The maximum atomic E-state index is 12.3. The molecule has 1 N–H and O–H groups in total. The van der Waals surface area contributed by atoms with Gasteiger partial charge < -0.3 is 14.8 Å². The Balaban J connectivity index is 1.54. The van der Waals surface area contributed by atoms with Crippen LogP contribution in [0.3, 0.4) is 0 Å². The molecule has 1 aromatic carbocycles. The topological polar surface area (TPSA) is 60.5 Å². The Labute approximate surface area is 133 Å². The molecule has 5 nitrogen and oxygen atoms in total. The first-order chi connectivity index (χ1) is 10.8. The lowest BCUT2D eigenvalue weighted by molar-refractivity contribution is -0.126. The third-order valence-electron chi connectivity index (χ3n) is 3.56. The van der Waals surface area contributed by atoms with E-state index in [-0.39, 0.29) is 11.8 Å². The van der Waals surface area contributed by atoms with Crippen LogP contribution in [0.15, 0.2) is 29.6 Å². The molecule has 1 amide bonds. The molecule has 1 aromatic heterocycles. The van der Waals surface area contributed by atoms with E-state index in [2.05, 4.69) is 10.3 Å². The molecule has 2 aromatic rings. The Morgan fingerprint density at radius 1 is 1.50 bits per heavy atom. The van der Waals surface area contributed by atoms with E-state index >= 15 is 0 Å². The molecule has 1 unspecified atom stereocenters. The van der Waals surface area contributed by atoms with Crippen LogP contribution in [0.5, 0.6) is 5.75 Å². The Morgan fingerprint density at radius 2 is 2.36 bits per heavy atom. The van der Waals surface area contributed by atoms with Crippen LogP contribution in [-0.2, 0) is 29.1 Å². The molecule has 2 heterocycles. The molecule has 0 bridgehead atoms. The van der Waals surface area contributed by atoms with Gasteiger partial charge in [0.05, 0.1) is 24.8 Å². The summed E-state index contributed by atoms with van der Waals surface area (Å²) in [7, 11) is 1.64. The fraction of sp³-hybridized carbons (Fsp3) is 0.375. The number of carbonyl (C=O) groups is 1. The lowest BCUT2D eigenvalue weighted by Crippen LogP contribution is -2.37. The number of para-hydroxylation sites is 1. The zero-order valence-electron chi connectivity index (χ0n) is 12.4. The van der Waals surface area contributed by atoms with Crippen molar-refractivity contribution in [3.8, 4) is 5.75 Å². The second-order valence-corrected chi connectivity index (χ2v) is 6.15. The van der Waals surface area contributed by atoms with Crippen molar-refractivity contribution in [1.82, 2.24) is 10.3 Å². The number of hydrogen-bond donors (Lipinski definition) is 1. The van der Waals surface area contributed by atoms with Crippen molar-refractivity contribution in [2.45, 2.75) is 19.6 Å². The van der Waals surface area contributed by atoms with Gasteiger partial charge in [0, 0.05) is 12.5 Å². The van der Waals surface area contributed by atoms with Crippen LogP contribution < -0.4 is 10.1 Å². The number of hydrogen-bond acceptors (Lipinski definition) is 5. The highest BCUT2D eigenvalue weighted by Gasteiger charge is 2.25. The predicted octanol–water partition coefficient (Wildman–Crippen LogP) is 2.16. The number of aromatic nitrogens is 1. The van der Waals surface area contributed by atoms with Crippen LogP contribution >= 0.6 is 11.3 Å².